The molecule has 1 unspecified atom stereocenters. The van der Waals surface area contributed by atoms with Gasteiger partial charge in [-0.1, -0.05) is 53.7 Å². The van der Waals surface area contributed by atoms with Gasteiger partial charge in [-0.2, -0.15) is 4.98 Å². The van der Waals surface area contributed by atoms with Crippen LogP contribution in [0.15, 0.2) is 65.2 Å². The van der Waals surface area contributed by atoms with Gasteiger partial charge in [-0.25, -0.2) is 0 Å². The van der Waals surface area contributed by atoms with Crippen LogP contribution < -0.4 is 10.2 Å². The number of anilines is 1. The van der Waals surface area contributed by atoms with Crippen LogP contribution >= 0.6 is 0 Å². The topological polar surface area (TPSA) is 54.2 Å². The van der Waals surface area contributed by atoms with Crippen LogP contribution in [-0.4, -0.2) is 29.3 Å². The summed E-state index contributed by atoms with van der Waals surface area (Å²) < 4.78 is 5.37. The van der Waals surface area contributed by atoms with E-state index in [9.17, 15) is 0 Å². The number of rotatable bonds is 6. The monoisotopic (exact) mass is 334 g/mol. The first-order chi connectivity index (χ1) is 12.4. The number of para-hydroxylation sites is 1. The molecule has 0 aliphatic carbocycles. The molecule has 1 aromatic heterocycles. The van der Waals surface area contributed by atoms with Crippen molar-refractivity contribution in [2.24, 2.45) is 0 Å². The van der Waals surface area contributed by atoms with E-state index in [-0.39, 0.29) is 0 Å². The minimum Gasteiger partial charge on any atom is -0.370 e. The molecule has 5 nitrogen and oxygen atoms in total. The summed E-state index contributed by atoms with van der Waals surface area (Å²) in [4.78, 5) is 6.90. The normalized spacial score (nSPS) is 17.1. The molecule has 0 amide bonds. The molecule has 25 heavy (non-hydrogen) atoms. The van der Waals surface area contributed by atoms with Crippen molar-refractivity contribution in [3.8, 4) is 0 Å². The molecule has 3 aromatic rings. The molecule has 1 aliphatic rings. The maximum absolute atomic E-state index is 5.37. The summed E-state index contributed by atoms with van der Waals surface area (Å²) in [6, 6.07) is 21.2. The molecule has 4 rings (SSSR count). The van der Waals surface area contributed by atoms with Crippen molar-refractivity contribution in [1.29, 1.82) is 0 Å². The Balaban J connectivity index is 1.28. The smallest absolute Gasteiger partial charge is 0.240 e. The summed E-state index contributed by atoms with van der Waals surface area (Å²) in [7, 11) is 0. The Bertz CT molecular complexity index is 788. The summed E-state index contributed by atoms with van der Waals surface area (Å²) in [6.07, 6.45) is 1.83. The first-order valence-electron chi connectivity index (χ1n) is 8.75. The number of nitrogens with one attached hydrogen (secondary N) is 1. The van der Waals surface area contributed by atoms with Crippen molar-refractivity contribution < 1.29 is 4.52 Å². The van der Waals surface area contributed by atoms with Gasteiger partial charge in [-0.15, -0.1) is 0 Å². The lowest BCUT2D eigenvalue weighted by Crippen LogP contribution is -2.32. The fourth-order valence-electron chi connectivity index (χ4n) is 3.24. The lowest BCUT2D eigenvalue weighted by atomic mass is 10.1. The Hall–Kier alpha value is -2.66. The maximum Gasteiger partial charge on any atom is 0.240 e. The van der Waals surface area contributed by atoms with Gasteiger partial charge >= 0.3 is 0 Å². The highest BCUT2D eigenvalue weighted by molar-refractivity contribution is 5.47. The SMILES string of the molecule is c1ccc(Cc2noc(CNC3CCN(c4ccccc4)C3)n2)cc1. The van der Waals surface area contributed by atoms with Crippen molar-refractivity contribution in [1.82, 2.24) is 15.5 Å². The third-order valence-electron chi connectivity index (χ3n) is 4.57. The summed E-state index contributed by atoms with van der Waals surface area (Å²) >= 11 is 0. The second kappa shape index (κ2) is 7.49. The highest BCUT2D eigenvalue weighted by Crippen LogP contribution is 2.19. The summed E-state index contributed by atoms with van der Waals surface area (Å²) in [5, 5.41) is 7.62. The minimum atomic E-state index is 0.449. The maximum atomic E-state index is 5.37. The predicted molar refractivity (Wildman–Crippen MR) is 97.4 cm³/mol. The number of benzene rings is 2. The molecule has 1 N–H and O–H groups in total. The van der Waals surface area contributed by atoms with Gasteiger partial charge in [0.15, 0.2) is 5.82 Å². The van der Waals surface area contributed by atoms with Gasteiger partial charge < -0.3 is 14.7 Å². The third-order valence-corrected chi connectivity index (χ3v) is 4.57. The number of hydrogen-bond acceptors (Lipinski definition) is 5. The van der Waals surface area contributed by atoms with Crippen LogP contribution in [0, 0.1) is 0 Å². The molecular weight excluding hydrogens is 312 g/mol. The van der Waals surface area contributed by atoms with Gasteiger partial charge in [0.05, 0.1) is 6.54 Å². The zero-order chi connectivity index (χ0) is 16.9. The molecule has 128 valence electrons. The van der Waals surface area contributed by atoms with E-state index in [4.69, 9.17) is 4.52 Å². The molecule has 2 aromatic carbocycles. The van der Waals surface area contributed by atoms with E-state index >= 15 is 0 Å². The average Bonchev–Trinajstić information content (AvgIpc) is 3.31. The standard InChI is InChI=1S/C20H22N4O/c1-3-7-16(8-4-1)13-19-22-20(25-23-19)14-21-17-11-12-24(15-17)18-9-5-2-6-10-18/h1-10,17,21H,11-15H2. The summed E-state index contributed by atoms with van der Waals surface area (Å²) in [6.45, 7) is 2.70. The third kappa shape index (κ3) is 4.06. The fourth-order valence-corrected chi connectivity index (χ4v) is 3.24. The van der Waals surface area contributed by atoms with Crippen LogP contribution in [0.1, 0.15) is 23.7 Å². The van der Waals surface area contributed by atoms with Crippen molar-refractivity contribution in [3.63, 3.8) is 0 Å². The molecule has 2 heterocycles. The zero-order valence-corrected chi connectivity index (χ0v) is 14.1. The molecule has 0 bridgehead atoms. The van der Waals surface area contributed by atoms with Crippen LogP contribution in [0.2, 0.25) is 0 Å². The first-order valence-corrected chi connectivity index (χ1v) is 8.75. The predicted octanol–water partition coefficient (Wildman–Crippen LogP) is 3.03. The van der Waals surface area contributed by atoms with E-state index < -0.39 is 0 Å². The molecule has 1 aliphatic heterocycles. The van der Waals surface area contributed by atoms with Gasteiger partial charge in [-0.05, 0) is 24.1 Å². The second-order valence-electron chi connectivity index (χ2n) is 6.41. The highest BCUT2D eigenvalue weighted by Gasteiger charge is 2.22. The summed E-state index contributed by atoms with van der Waals surface area (Å²) in [5.41, 5.74) is 2.48. The molecular formula is C20H22N4O. The van der Waals surface area contributed by atoms with Gasteiger partial charge in [0.1, 0.15) is 0 Å². The highest BCUT2D eigenvalue weighted by atomic mass is 16.5. The Morgan fingerprint density at radius 3 is 2.60 bits per heavy atom. The molecule has 0 radical (unpaired) electrons. The van der Waals surface area contributed by atoms with Crippen molar-refractivity contribution in [2.75, 3.05) is 18.0 Å². The van der Waals surface area contributed by atoms with Crippen molar-refractivity contribution in [2.45, 2.75) is 25.4 Å². The van der Waals surface area contributed by atoms with Gasteiger partial charge in [-0.3, -0.25) is 0 Å². The first kappa shape index (κ1) is 15.8. The Kier molecular flexibility index (Phi) is 4.74. The van der Waals surface area contributed by atoms with E-state index in [0.29, 0.717) is 24.9 Å². The fraction of sp³-hybridized carbons (Fsp3) is 0.300. The van der Waals surface area contributed by atoms with E-state index in [1.165, 1.54) is 11.3 Å². The lowest BCUT2D eigenvalue weighted by Gasteiger charge is -2.18. The van der Waals surface area contributed by atoms with Gasteiger partial charge in [0, 0.05) is 31.2 Å². The van der Waals surface area contributed by atoms with Crippen LogP contribution in [0.3, 0.4) is 0 Å². The van der Waals surface area contributed by atoms with Gasteiger partial charge in [0.2, 0.25) is 5.89 Å². The van der Waals surface area contributed by atoms with Crippen LogP contribution in [-0.2, 0) is 13.0 Å². The minimum absolute atomic E-state index is 0.449. The molecule has 1 saturated heterocycles. The average molecular weight is 334 g/mol. The van der Waals surface area contributed by atoms with E-state index in [1.807, 2.05) is 18.2 Å². The molecule has 1 atom stereocenters. The van der Waals surface area contributed by atoms with Gasteiger partial charge in [0.25, 0.3) is 0 Å². The molecule has 0 saturated carbocycles. The Labute approximate surface area is 147 Å². The Morgan fingerprint density at radius 1 is 1.04 bits per heavy atom. The number of hydrogen-bond donors (Lipinski definition) is 1. The number of nitrogens with zero attached hydrogens (tertiary/aromatic N) is 3. The lowest BCUT2D eigenvalue weighted by molar-refractivity contribution is 0.356. The second-order valence-corrected chi connectivity index (χ2v) is 6.41. The van der Waals surface area contributed by atoms with Crippen molar-refractivity contribution >= 4 is 5.69 Å². The quantitative estimate of drug-likeness (QED) is 0.751. The van der Waals surface area contributed by atoms with E-state index in [2.05, 4.69) is 62.8 Å². The molecule has 0 spiro atoms. The van der Waals surface area contributed by atoms with Crippen molar-refractivity contribution in [3.05, 3.63) is 77.9 Å². The van der Waals surface area contributed by atoms with Crippen LogP contribution in [0.5, 0.6) is 0 Å². The van der Waals surface area contributed by atoms with Crippen LogP contribution in [0.25, 0.3) is 0 Å². The van der Waals surface area contributed by atoms with E-state index in [0.717, 1.165) is 25.3 Å². The summed E-state index contributed by atoms with van der Waals surface area (Å²) in [5.74, 6) is 1.39. The Morgan fingerprint density at radius 2 is 1.80 bits per heavy atom. The van der Waals surface area contributed by atoms with Crippen LogP contribution in [0.4, 0.5) is 5.69 Å². The zero-order valence-electron chi connectivity index (χ0n) is 14.1. The number of aromatic nitrogens is 2. The van der Waals surface area contributed by atoms with E-state index in [1.54, 1.807) is 0 Å². The largest absolute Gasteiger partial charge is 0.370 e. The molecule has 1 fully saturated rings. The molecule has 5 heteroatoms.